The van der Waals surface area contributed by atoms with Crippen molar-refractivity contribution in [2.45, 2.75) is 0 Å². The van der Waals surface area contributed by atoms with Crippen LogP contribution >= 0.6 is 11.6 Å². The minimum absolute atomic E-state index is 0.0801. The van der Waals surface area contributed by atoms with Gasteiger partial charge in [-0.2, -0.15) is 10.4 Å². The Kier molecular flexibility index (Phi) is 3.41. The number of nitriles is 1. The Morgan fingerprint density at radius 3 is 2.61 bits per heavy atom. The molecule has 0 atom stereocenters. The van der Waals surface area contributed by atoms with Gasteiger partial charge in [-0.15, -0.1) is 0 Å². The molecule has 28 heavy (non-hydrogen) atoms. The first-order chi connectivity index (χ1) is 13.6. The summed E-state index contributed by atoms with van der Waals surface area (Å²) in [5.41, 5.74) is 9.00. The fraction of sp³-hybridized carbons (Fsp3) is 0. The molecule has 0 aliphatic heterocycles. The van der Waals surface area contributed by atoms with E-state index in [2.05, 4.69) is 21.3 Å². The van der Waals surface area contributed by atoms with Gasteiger partial charge in [0, 0.05) is 27.1 Å². The van der Waals surface area contributed by atoms with Crippen LogP contribution in [0.4, 0.5) is 5.69 Å². The van der Waals surface area contributed by atoms with Crippen LogP contribution in [0.3, 0.4) is 0 Å². The lowest BCUT2D eigenvalue weighted by Gasteiger charge is -2.14. The van der Waals surface area contributed by atoms with Crippen LogP contribution in [-0.4, -0.2) is 15.2 Å². The largest absolute Gasteiger partial charge is 0.394 e. The maximum Gasteiger partial charge on any atom is 0.272 e. The third kappa shape index (κ3) is 2.14. The number of nitrogen functional groups attached to an aromatic ring is 1. The number of aromatic nitrogens is 3. The number of halogens is 1. The van der Waals surface area contributed by atoms with Gasteiger partial charge < -0.3 is 10.7 Å². The molecule has 0 radical (unpaired) electrons. The van der Waals surface area contributed by atoms with Crippen molar-refractivity contribution in [1.82, 2.24) is 15.2 Å². The van der Waals surface area contributed by atoms with Crippen molar-refractivity contribution in [3.63, 3.8) is 0 Å². The van der Waals surface area contributed by atoms with Crippen molar-refractivity contribution in [1.29, 1.82) is 5.26 Å². The Morgan fingerprint density at radius 2 is 1.82 bits per heavy atom. The molecule has 0 amide bonds. The molecule has 0 bridgehead atoms. The third-order valence-electron chi connectivity index (χ3n) is 5.02. The number of nitrogens with two attached hydrogens (primary N) is 1. The highest BCUT2D eigenvalue weighted by molar-refractivity contribution is 6.35. The number of H-pyrrole nitrogens is 2. The van der Waals surface area contributed by atoms with Crippen molar-refractivity contribution in [3.8, 4) is 17.2 Å². The molecule has 6 nitrogen and oxygen atoms in total. The van der Waals surface area contributed by atoms with Crippen LogP contribution in [0.15, 0.2) is 53.5 Å². The maximum atomic E-state index is 12.7. The smallest absolute Gasteiger partial charge is 0.272 e. The second kappa shape index (κ2) is 5.84. The zero-order valence-electron chi connectivity index (χ0n) is 14.4. The van der Waals surface area contributed by atoms with Gasteiger partial charge in [-0.3, -0.25) is 9.89 Å². The van der Waals surface area contributed by atoms with Gasteiger partial charge in [-0.25, -0.2) is 0 Å². The zero-order chi connectivity index (χ0) is 19.4. The Bertz CT molecular complexity index is 1520. The van der Waals surface area contributed by atoms with Crippen LogP contribution in [-0.2, 0) is 0 Å². The predicted molar refractivity (Wildman–Crippen MR) is 111 cm³/mol. The number of nitrogens with one attached hydrogen (secondary N) is 2. The third-order valence-corrected chi connectivity index (χ3v) is 5.34. The van der Waals surface area contributed by atoms with Crippen molar-refractivity contribution < 1.29 is 0 Å². The first-order valence-corrected chi connectivity index (χ1v) is 8.87. The summed E-state index contributed by atoms with van der Waals surface area (Å²) in [5, 5.41) is 20.1. The van der Waals surface area contributed by atoms with Crippen molar-refractivity contribution in [3.05, 3.63) is 69.6 Å². The summed E-state index contributed by atoms with van der Waals surface area (Å²) in [4.78, 5) is 15.5. The molecule has 0 spiro atoms. The molecule has 3 aromatic carbocycles. The molecule has 0 saturated heterocycles. The monoisotopic (exact) mass is 385 g/mol. The molecule has 4 N–H and O–H groups in total. The Hall–Kier alpha value is -3.82. The van der Waals surface area contributed by atoms with Crippen LogP contribution in [0.1, 0.15) is 5.56 Å². The lowest BCUT2D eigenvalue weighted by molar-refractivity contribution is 1.12. The van der Waals surface area contributed by atoms with E-state index >= 15 is 0 Å². The first kappa shape index (κ1) is 16.4. The molecule has 7 heteroatoms. The molecule has 0 aliphatic carbocycles. The number of rotatable bonds is 1. The fourth-order valence-corrected chi connectivity index (χ4v) is 3.96. The second-order valence-electron chi connectivity index (χ2n) is 6.50. The minimum Gasteiger partial charge on any atom is -0.394 e. The van der Waals surface area contributed by atoms with E-state index < -0.39 is 0 Å². The number of hydrogen-bond acceptors (Lipinski definition) is 4. The normalized spacial score (nSPS) is 11.3. The molecule has 5 rings (SSSR count). The van der Waals surface area contributed by atoms with Crippen LogP contribution < -0.4 is 11.3 Å². The second-order valence-corrected chi connectivity index (χ2v) is 6.91. The molecule has 0 fully saturated rings. The van der Waals surface area contributed by atoms with Crippen LogP contribution in [0, 0.1) is 11.3 Å². The van der Waals surface area contributed by atoms with E-state index in [-0.39, 0.29) is 11.2 Å². The number of pyridine rings is 1. The van der Waals surface area contributed by atoms with Crippen LogP contribution in [0.2, 0.25) is 5.02 Å². The van der Waals surface area contributed by atoms with Gasteiger partial charge in [0.15, 0.2) is 0 Å². The number of anilines is 1. The van der Waals surface area contributed by atoms with Gasteiger partial charge in [-0.1, -0.05) is 41.9 Å². The summed E-state index contributed by atoms with van der Waals surface area (Å²) in [6.45, 7) is 0. The number of nitrogens with zero attached hydrogens (tertiary/aromatic N) is 2. The van der Waals surface area contributed by atoms with Crippen molar-refractivity contribution >= 4 is 49.9 Å². The molecule has 0 unspecified atom stereocenters. The maximum absolute atomic E-state index is 12.7. The lowest BCUT2D eigenvalue weighted by atomic mass is 9.93. The summed E-state index contributed by atoms with van der Waals surface area (Å²) < 4.78 is 0. The topological polar surface area (TPSA) is 111 Å². The Balaban J connectivity index is 2.05. The van der Waals surface area contributed by atoms with Crippen LogP contribution in [0.5, 0.6) is 0 Å². The average molecular weight is 386 g/mol. The number of benzene rings is 3. The lowest BCUT2D eigenvalue weighted by Crippen LogP contribution is -2.14. The highest BCUT2D eigenvalue weighted by Crippen LogP contribution is 2.39. The molecule has 2 heterocycles. The first-order valence-electron chi connectivity index (χ1n) is 8.49. The predicted octanol–water partition coefficient (Wildman–Crippen LogP) is 4.33. The highest BCUT2D eigenvalue weighted by Gasteiger charge is 2.19. The fourth-order valence-electron chi connectivity index (χ4n) is 3.75. The number of hydrogen-bond donors (Lipinski definition) is 3. The SMILES string of the molecule is N#Cc1cc2c(-c3ccc(Cl)c4[nH]ncc34)c(N)c(=O)[nH]c2c2ccccc12. The van der Waals surface area contributed by atoms with E-state index in [9.17, 15) is 10.1 Å². The molecular formula is C21H12ClN5O. The van der Waals surface area contributed by atoms with Gasteiger partial charge in [-0.05, 0) is 17.7 Å². The van der Waals surface area contributed by atoms with E-state index in [1.165, 1.54) is 0 Å². The quantitative estimate of drug-likeness (QED) is 0.373. The Morgan fingerprint density at radius 1 is 1.04 bits per heavy atom. The van der Waals surface area contributed by atoms with E-state index in [0.717, 1.165) is 21.7 Å². The summed E-state index contributed by atoms with van der Waals surface area (Å²) in [7, 11) is 0. The van der Waals surface area contributed by atoms with E-state index in [4.69, 9.17) is 17.3 Å². The number of fused-ring (bicyclic) bond motifs is 4. The van der Waals surface area contributed by atoms with Crippen LogP contribution in [0.25, 0.3) is 43.7 Å². The van der Waals surface area contributed by atoms with E-state index in [1.54, 1.807) is 18.3 Å². The zero-order valence-corrected chi connectivity index (χ0v) is 15.1. The average Bonchev–Trinajstić information content (AvgIpc) is 3.21. The summed E-state index contributed by atoms with van der Waals surface area (Å²) in [6.07, 6.45) is 1.65. The molecule has 134 valence electrons. The number of aromatic amines is 2. The minimum atomic E-state index is -0.385. The van der Waals surface area contributed by atoms with Gasteiger partial charge in [0.05, 0.1) is 33.9 Å². The molecular weight excluding hydrogens is 374 g/mol. The van der Waals surface area contributed by atoms with Gasteiger partial charge in [0.2, 0.25) is 0 Å². The van der Waals surface area contributed by atoms with Gasteiger partial charge in [0.25, 0.3) is 5.56 Å². The molecule has 5 aromatic rings. The van der Waals surface area contributed by atoms with Crippen molar-refractivity contribution in [2.24, 2.45) is 0 Å². The van der Waals surface area contributed by atoms with E-state index in [0.29, 0.717) is 32.6 Å². The molecule has 2 aromatic heterocycles. The van der Waals surface area contributed by atoms with Crippen molar-refractivity contribution in [2.75, 3.05) is 5.73 Å². The summed E-state index contributed by atoms with van der Waals surface area (Å²) in [5.74, 6) is 0. The highest BCUT2D eigenvalue weighted by atomic mass is 35.5. The Labute approximate surface area is 163 Å². The molecule has 0 saturated carbocycles. The van der Waals surface area contributed by atoms with E-state index in [1.807, 2.05) is 30.3 Å². The van der Waals surface area contributed by atoms with Gasteiger partial charge >= 0.3 is 0 Å². The molecule has 0 aliphatic rings. The van der Waals surface area contributed by atoms with Gasteiger partial charge in [0.1, 0.15) is 5.69 Å². The summed E-state index contributed by atoms with van der Waals surface area (Å²) >= 11 is 6.26. The summed E-state index contributed by atoms with van der Waals surface area (Å²) in [6, 6.07) is 15.0. The standard InChI is InChI=1S/C21H12ClN5O/c22-16-6-5-12(15-9-25-27-20(15)16)17-14-7-10(8-23)11-3-1-2-4-13(11)19(14)26-21(28)18(17)24/h1-7,9H,24H2,(H,25,27)(H,26,28).